The highest BCUT2D eigenvalue weighted by Crippen LogP contribution is 2.46. The van der Waals surface area contributed by atoms with Gasteiger partial charge in [0.1, 0.15) is 0 Å². The second kappa shape index (κ2) is 8.16. The lowest BCUT2D eigenvalue weighted by Gasteiger charge is -2.31. The lowest BCUT2D eigenvalue weighted by atomic mass is 9.87. The first-order valence-corrected chi connectivity index (χ1v) is 10.9. The van der Waals surface area contributed by atoms with Crippen molar-refractivity contribution < 1.29 is 4.79 Å². The van der Waals surface area contributed by atoms with Gasteiger partial charge in [0.05, 0.1) is 6.04 Å². The van der Waals surface area contributed by atoms with E-state index >= 15 is 0 Å². The number of aromatic amines is 1. The Bertz CT molecular complexity index is 1140. The van der Waals surface area contributed by atoms with Gasteiger partial charge in [0, 0.05) is 49.4 Å². The fourth-order valence-corrected chi connectivity index (χ4v) is 5.36. The van der Waals surface area contributed by atoms with Gasteiger partial charge in [-0.05, 0) is 42.2 Å². The molecule has 0 bridgehead atoms. The molecule has 2 aliphatic rings. The number of hydrogen-bond donors (Lipinski definition) is 1. The molecule has 3 aromatic rings. The minimum absolute atomic E-state index is 0.0177. The average molecular weight is 414 g/mol. The summed E-state index contributed by atoms with van der Waals surface area (Å²) in [6.45, 7) is 5.32. The van der Waals surface area contributed by atoms with Gasteiger partial charge in [0.15, 0.2) is 0 Å². The zero-order valence-corrected chi connectivity index (χ0v) is 17.7. The van der Waals surface area contributed by atoms with Gasteiger partial charge in [0.25, 0.3) is 11.5 Å². The van der Waals surface area contributed by atoms with E-state index in [1.54, 1.807) is 6.20 Å². The normalized spacial score (nSPS) is 23.1. The van der Waals surface area contributed by atoms with Crippen molar-refractivity contribution in [3.8, 4) is 0 Å². The number of nitrogens with one attached hydrogen (secondary N) is 1. The number of nitrogens with zero attached hydrogens (tertiary/aromatic N) is 2. The van der Waals surface area contributed by atoms with Crippen molar-refractivity contribution in [3.63, 3.8) is 0 Å². The number of likely N-dealkylation sites (tertiary alicyclic amines) is 2. The summed E-state index contributed by atoms with van der Waals surface area (Å²) < 4.78 is 0. The van der Waals surface area contributed by atoms with Crippen LogP contribution in [0.25, 0.3) is 0 Å². The Labute approximate surface area is 182 Å². The topological polar surface area (TPSA) is 56.4 Å². The predicted octanol–water partition coefficient (Wildman–Crippen LogP) is 3.63. The molecule has 1 aromatic heterocycles. The highest BCUT2D eigenvalue weighted by atomic mass is 16.2. The summed E-state index contributed by atoms with van der Waals surface area (Å²) in [7, 11) is 0. The molecule has 0 unspecified atom stereocenters. The third kappa shape index (κ3) is 3.70. The summed E-state index contributed by atoms with van der Waals surface area (Å²) in [5.74, 6) is 0.867. The molecular formula is C26H27N3O2. The number of aryl methyl sites for hydroxylation is 1. The van der Waals surface area contributed by atoms with Gasteiger partial charge in [-0.25, -0.2) is 0 Å². The zero-order valence-electron chi connectivity index (χ0n) is 17.7. The maximum atomic E-state index is 13.5. The number of amides is 1. The number of H-pyrrole nitrogens is 1. The number of aromatic nitrogens is 1. The maximum Gasteiger partial charge on any atom is 0.254 e. The summed E-state index contributed by atoms with van der Waals surface area (Å²) in [5, 5.41) is 0. The summed E-state index contributed by atoms with van der Waals surface area (Å²) in [6.07, 6.45) is 1.67. The van der Waals surface area contributed by atoms with Gasteiger partial charge in [-0.1, -0.05) is 48.5 Å². The van der Waals surface area contributed by atoms with Crippen LogP contribution in [-0.4, -0.2) is 40.3 Å². The first-order valence-electron chi connectivity index (χ1n) is 10.9. The lowest BCUT2D eigenvalue weighted by molar-refractivity contribution is 0.0699. The van der Waals surface area contributed by atoms with Crippen molar-refractivity contribution in [2.45, 2.75) is 19.5 Å². The number of hydrogen-bond acceptors (Lipinski definition) is 3. The quantitative estimate of drug-likeness (QED) is 0.711. The fraction of sp³-hybridized carbons (Fsp3) is 0.308. The van der Waals surface area contributed by atoms with Crippen molar-refractivity contribution in [2.75, 3.05) is 19.6 Å². The number of fused-ring (bicyclic) bond motifs is 1. The van der Waals surface area contributed by atoms with Crippen LogP contribution in [0.4, 0.5) is 0 Å². The van der Waals surface area contributed by atoms with E-state index in [0.717, 1.165) is 30.8 Å². The second-order valence-corrected chi connectivity index (χ2v) is 8.77. The molecule has 158 valence electrons. The molecule has 5 heteroatoms. The number of rotatable bonds is 4. The Morgan fingerprint density at radius 1 is 0.968 bits per heavy atom. The Hall–Kier alpha value is -3.18. The van der Waals surface area contributed by atoms with Crippen molar-refractivity contribution >= 4 is 5.91 Å². The first-order chi connectivity index (χ1) is 15.1. The van der Waals surface area contributed by atoms with Crippen LogP contribution in [0.3, 0.4) is 0 Å². The molecule has 2 fully saturated rings. The van der Waals surface area contributed by atoms with Gasteiger partial charge >= 0.3 is 0 Å². The molecule has 5 rings (SSSR count). The molecule has 3 heterocycles. The summed E-state index contributed by atoms with van der Waals surface area (Å²) >= 11 is 0. The molecule has 2 saturated heterocycles. The molecular weight excluding hydrogens is 386 g/mol. The molecule has 2 aromatic carbocycles. The molecule has 0 saturated carbocycles. The van der Waals surface area contributed by atoms with Gasteiger partial charge in [-0.15, -0.1) is 0 Å². The van der Waals surface area contributed by atoms with E-state index in [1.165, 1.54) is 11.1 Å². The van der Waals surface area contributed by atoms with Crippen LogP contribution in [0.15, 0.2) is 77.7 Å². The summed E-state index contributed by atoms with van der Waals surface area (Å²) in [6, 6.07) is 21.8. The number of carbonyl (C=O) groups excluding carboxylic acids is 1. The number of benzene rings is 2. The molecule has 31 heavy (non-hydrogen) atoms. The van der Waals surface area contributed by atoms with Gasteiger partial charge < -0.3 is 9.88 Å². The highest BCUT2D eigenvalue weighted by Gasteiger charge is 2.49. The second-order valence-electron chi connectivity index (χ2n) is 8.77. The van der Waals surface area contributed by atoms with Crippen molar-refractivity contribution in [1.29, 1.82) is 0 Å². The highest BCUT2D eigenvalue weighted by molar-refractivity contribution is 5.94. The van der Waals surface area contributed by atoms with Gasteiger partial charge in [0.2, 0.25) is 0 Å². The first kappa shape index (κ1) is 19.8. The Kier molecular flexibility index (Phi) is 5.20. The smallest absolute Gasteiger partial charge is 0.254 e. The van der Waals surface area contributed by atoms with Crippen LogP contribution in [0.5, 0.6) is 0 Å². The monoisotopic (exact) mass is 413 g/mol. The van der Waals surface area contributed by atoms with E-state index in [4.69, 9.17) is 0 Å². The van der Waals surface area contributed by atoms with Crippen molar-refractivity contribution in [1.82, 2.24) is 14.8 Å². The average Bonchev–Trinajstić information content (AvgIpc) is 3.33. The number of carbonyl (C=O) groups is 1. The largest absolute Gasteiger partial charge is 0.331 e. The zero-order chi connectivity index (χ0) is 21.4. The molecule has 3 atom stereocenters. The molecule has 1 amide bonds. The van der Waals surface area contributed by atoms with Crippen molar-refractivity contribution in [2.24, 2.45) is 11.8 Å². The van der Waals surface area contributed by atoms with Gasteiger partial charge in [-0.3, -0.25) is 14.5 Å². The fourth-order valence-electron chi connectivity index (χ4n) is 5.36. The summed E-state index contributed by atoms with van der Waals surface area (Å²) in [5.41, 5.74) is 3.98. The minimum Gasteiger partial charge on any atom is -0.331 e. The van der Waals surface area contributed by atoms with Crippen molar-refractivity contribution in [3.05, 3.63) is 106 Å². The minimum atomic E-state index is -0.0177. The molecule has 0 radical (unpaired) electrons. The molecule has 1 N–H and O–H groups in total. The molecule has 2 aliphatic heterocycles. The van der Waals surface area contributed by atoms with Crippen LogP contribution in [-0.2, 0) is 6.54 Å². The Morgan fingerprint density at radius 3 is 2.52 bits per heavy atom. The standard InChI is InChI=1S/C26H27N3O2/c1-18-8-5-6-12-22(18)24-23-17-28(14-20-11-7-13-27-25(20)30)15-21(23)16-29(24)26(31)19-9-3-2-4-10-19/h2-13,21,23-24H,14-17H2,1H3,(H,27,30)/t21-,23-,24-/m0/s1. The SMILES string of the molecule is Cc1ccccc1[C@H]1[C@H]2CN(Cc3ccc[nH]c3=O)C[C@H]2CN1C(=O)c1ccccc1. The molecule has 5 nitrogen and oxygen atoms in total. The van der Waals surface area contributed by atoms with Crippen LogP contribution in [0.2, 0.25) is 0 Å². The maximum absolute atomic E-state index is 13.5. The van der Waals surface area contributed by atoms with Crippen LogP contribution in [0.1, 0.15) is 33.1 Å². The third-order valence-electron chi connectivity index (χ3n) is 6.82. The predicted molar refractivity (Wildman–Crippen MR) is 121 cm³/mol. The van der Waals surface area contributed by atoms with Crippen LogP contribution < -0.4 is 5.56 Å². The van der Waals surface area contributed by atoms with E-state index in [-0.39, 0.29) is 17.5 Å². The van der Waals surface area contributed by atoms with Crippen LogP contribution in [0, 0.1) is 18.8 Å². The van der Waals surface area contributed by atoms with E-state index in [0.29, 0.717) is 18.4 Å². The van der Waals surface area contributed by atoms with E-state index in [2.05, 4.69) is 46.0 Å². The molecule has 0 aliphatic carbocycles. The van der Waals surface area contributed by atoms with E-state index < -0.39 is 0 Å². The van der Waals surface area contributed by atoms with Crippen LogP contribution >= 0.6 is 0 Å². The van der Waals surface area contributed by atoms with E-state index in [1.807, 2.05) is 42.5 Å². The Morgan fingerprint density at radius 2 is 1.74 bits per heavy atom. The number of pyridine rings is 1. The van der Waals surface area contributed by atoms with Gasteiger partial charge in [-0.2, -0.15) is 0 Å². The third-order valence-corrected chi connectivity index (χ3v) is 6.82. The Balaban J connectivity index is 1.44. The molecule has 0 spiro atoms. The summed E-state index contributed by atoms with van der Waals surface area (Å²) in [4.78, 5) is 32.8. The lowest BCUT2D eigenvalue weighted by Crippen LogP contribution is -2.36. The van der Waals surface area contributed by atoms with E-state index in [9.17, 15) is 9.59 Å².